The highest BCUT2D eigenvalue weighted by molar-refractivity contribution is 5.76. The molecule has 94 valence electrons. The highest BCUT2D eigenvalue weighted by atomic mass is 16.5. The van der Waals surface area contributed by atoms with Gasteiger partial charge in [-0.1, -0.05) is 0 Å². The van der Waals surface area contributed by atoms with Gasteiger partial charge in [-0.3, -0.25) is 9.69 Å². The van der Waals surface area contributed by atoms with Gasteiger partial charge in [0.15, 0.2) is 0 Å². The number of carbonyl (C=O) groups excluding carboxylic acids is 1. The number of aliphatic hydroxyl groups excluding tert-OH is 1. The van der Waals surface area contributed by atoms with E-state index in [-0.39, 0.29) is 17.4 Å². The van der Waals surface area contributed by atoms with Gasteiger partial charge in [0.1, 0.15) is 6.04 Å². The average Bonchev–Trinajstić information content (AvgIpc) is 2.94. The molecule has 17 heavy (non-hydrogen) atoms. The fraction of sp³-hybridized carbons (Fsp3) is 0.833. The van der Waals surface area contributed by atoms with E-state index in [1.165, 1.54) is 7.11 Å². The van der Waals surface area contributed by atoms with Gasteiger partial charge in [0.2, 0.25) is 0 Å². The van der Waals surface area contributed by atoms with Gasteiger partial charge in [0.25, 0.3) is 0 Å². The Morgan fingerprint density at radius 3 is 2.88 bits per heavy atom. The molecule has 2 unspecified atom stereocenters. The number of esters is 1. The normalized spacial score (nSPS) is 30.9. The topological polar surface area (TPSA) is 73.6 Å². The number of nitriles is 1. The number of hydrogen-bond donors (Lipinski definition) is 1. The van der Waals surface area contributed by atoms with Crippen LogP contribution >= 0.6 is 0 Å². The lowest BCUT2D eigenvalue weighted by Crippen LogP contribution is -2.40. The molecule has 2 fully saturated rings. The number of aliphatic hydroxyl groups is 1. The van der Waals surface area contributed by atoms with E-state index in [1.807, 2.05) is 4.90 Å². The molecule has 1 saturated carbocycles. The summed E-state index contributed by atoms with van der Waals surface area (Å²) in [6, 6.07) is 1.87. The summed E-state index contributed by atoms with van der Waals surface area (Å²) in [4.78, 5) is 13.6. The van der Waals surface area contributed by atoms with Crippen LogP contribution in [-0.4, -0.2) is 48.3 Å². The summed E-state index contributed by atoms with van der Waals surface area (Å²) in [6.07, 6.45) is 2.60. The Balaban J connectivity index is 1.99. The third-order valence-electron chi connectivity index (χ3n) is 3.80. The second-order valence-corrected chi connectivity index (χ2v) is 5.19. The smallest absolute Gasteiger partial charge is 0.323 e. The van der Waals surface area contributed by atoms with E-state index in [0.29, 0.717) is 19.4 Å². The van der Waals surface area contributed by atoms with Crippen LogP contribution in [0.2, 0.25) is 0 Å². The number of nitrogens with zero attached hydrogens (tertiary/aromatic N) is 2. The van der Waals surface area contributed by atoms with Gasteiger partial charge in [-0.15, -0.1) is 0 Å². The van der Waals surface area contributed by atoms with Gasteiger partial charge in [-0.05, 0) is 18.3 Å². The Kier molecular flexibility index (Phi) is 3.36. The van der Waals surface area contributed by atoms with Crippen molar-refractivity contribution in [2.45, 2.75) is 37.8 Å². The van der Waals surface area contributed by atoms with Crippen LogP contribution in [0.4, 0.5) is 0 Å². The zero-order valence-electron chi connectivity index (χ0n) is 10.1. The van der Waals surface area contributed by atoms with E-state index >= 15 is 0 Å². The summed E-state index contributed by atoms with van der Waals surface area (Å²) in [5.74, 6) is -0.283. The first-order chi connectivity index (χ1) is 8.10. The van der Waals surface area contributed by atoms with Gasteiger partial charge in [-0.25, -0.2) is 0 Å². The average molecular weight is 238 g/mol. The zero-order chi connectivity index (χ0) is 12.5. The van der Waals surface area contributed by atoms with Gasteiger partial charge >= 0.3 is 5.97 Å². The highest BCUT2D eigenvalue weighted by Crippen LogP contribution is 2.49. The third-order valence-corrected chi connectivity index (χ3v) is 3.80. The Morgan fingerprint density at radius 1 is 1.65 bits per heavy atom. The zero-order valence-corrected chi connectivity index (χ0v) is 10.1. The minimum absolute atomic E-state index is 0.0606. The molecule has 0 spiro atoms. The van der Waals surface area contributed by atoms with Crippen molar-refractivity contribution in [3.05, 3.63) is 0 Å². The maximum atomic E-state index is 11.6. The number of methoxy groups -OCH3 is 1. The van der Waals surface area contributed by atoms with E-state index in [1.54, 1.807) is 0 Å². The summed E-state index contributed by atoms with van der Waals surface area (Å²) < 4.78 is 4.75. The minimum Gasteiger partial charge on any atom is -0.468 e. The summed E-state index contributed by atoms with van der Waals surface area (Å²) >= 11 is 0. The number of likely N-dealkylation sites (tertiary alicyclic amines) is 1. The summed E-state index contributed by atoms with van der Waals surface area (Å²) in [5.41, 5.74) is 0.0606. The predicted octanol–water partition coefficient (Wildman–Crippen LogP) is 0.288. The van der Waals surface area contributed by atoms with Crippen LogP contribution in [0, 0.1) is 16.7 Å². The maximum absolute atomic E-state index is 11.6. The molecule has 1 heterocycles. The van der Waals surface area contributed by atoms with E-state index in [0.717, 1.165) is 19.4 Å². The lowest BCUT2D eigenvalue weighted by Gasteiger charge is -2.25. The largest absolute Gasteiger partial charge is 0.468 e. The molecule has 0 aromatic heterocycles. The Bertz CT molecular complexity index is 346. The van der Waals surface area contributed by atoms with Crippen LogP contribution < -0.4 is 0 Å². The van der Waals surface area contributed by atoms with Crippen LogP contribution in [0.25, 0.3) is 0 Å². The van der Waals surface area contributed by atoms with Crippen LogP contribution in [0.5, 0.6) is 0 Å². The van der Waals surface area contributed by atoms with Crippen molar-refractivity contribution in [2.24, 2.45) is 5.41 Å². The van der Waals surface area contributed by atoms with Crippen molar-refractivity contribution in [1.82, 2.24) is 4.90 Å². The lowest BCUT2D eigenvalue weighted by molar-refractivity contribution is -0.146. The molecule has 0 aromatic rings. The maximum Gasteiger partial charge on any atom is 0.323 e. The molecule has 1 N–H and O–H groups in total. The standard InChI is InChI=1S/C12H18N2O3/c1-17-11(16)10-6-9(15)7-14(10)8-12(2-3-12)4-5-13/h9-10,15H,2-4,6-8H2,1H3. The monoisotopic (exact) mass is 238 g/mol. The van der Waals surface area contributed by atoms with Gasteiger partial charge in [0.05, 0.1) is 19.3 Å². The SMILES string of the molecule is COC(=O)C1CC(O)CN1CC1(CC#N)CC1. The predicted molar refractivity (Wildman–Crippen MR) is 59.9 cm³/mol. The quantitative estimate of drug-likeness (QED) is 0.712. The molecule has 5 nitrogen and oxygen atoms in total. The highest BCUT2D eigenvalue weighted by Gasteiger charge is 2.47. The first kappa shape index (κ1) is 12.3. The molecule has 2 aliphatic rings. The molecular formula is C12H18N2O3. The molecule has 1 aliphatic carbocycles. The van der Waals surface area contributed by atoms with Gasteiger partial charge in [-0.2, -0.15) is 5.26 Å². The molecule has 1 saturated heterocycles. The molecular weight excluding hydrogens is 220 g/mol. The number of carbonyl (C=O) groups is 1. The van der Waals surface area contributed by atoms with Gasteiger partial charge in [0, 0.05) is 25.9 Å². The van der Waals surface area contributed by atoms with Crippen molar-refractivity contribution in [3.63, 3.8) is 0 Å². The molecule has 0 amide bonds. The van der Waals surface area contributed by atoms with Crippen molar-refractivity contribution < 1.29 is 14.6 Å². The molecule has 2 rings (SSSR count). The van der Waals surface area contributed by atoms with Crippen LogP contribution in [0.15, 0.2) is 0 Å². The van der Waals surface area contributed by atoms with Gasteiger partial charge < -0.3 is 9.84 Å². The summed E-state index contributed by atoms with van der Waals surface area (Å²) in [6.45, 7) is 1.23. The van der Waals surface area contributed by atoms with Crippen molar-refractivity contribution >= 4 is 5.97 Å². The van der Waals surface area contributed by atoms with Crippen LogP contribution in [-0.2, 0) is 9.53 Å². The number of hydrogen-bond acceptors (Lipinski definition) is 5. The molecule has 0 aromatic carbocycles. The second-order valence-electron chi connectivity index (χ2n) is 5.19. The Hall–Kier alpha value is -1.12. The minimum atomic E-state index is -0.461. The number of β-amino-alcohol motifs (C(OH)–C–C–N with tert-alkyl or cyclic N) is 1. The lowest BCUT2D eigenvalue weighted by atomic mass is 10.0. The van der Waals surface area contributed by atoms with E-state index in [2.05, 4.69) is 6.07 Å². The first-order valence-corrected chi connectivity index (χ1v) is 5.97. The van der Waals surface area contributed by atoms with E-state index < -0.39 is 6.10 Å². The molecule has 1 aliphatic heterocycles. The molecule has 0 radical (unpaired) electrons. The number of rotatable bonds is 4. The molecule has 5 heteroatoms. The molecule has 2 atom stereocenters. The van der Waals surface area contributed by atoms with Crippen molar-refractivity contribution in [2.75, 3.05) is 20.2 Å². The Labute approximate surface area is 101 Å². The van der Waals surface area contributed by atoms with Crippen molar-refractivity contribution in [3.8, 4) is 6.07 Å². The molecule has 0 bridgehead atoms. The van der Waals surface area contributed by atoms with Crippen molar-refractivity contribution in [1.29, 1.82) is 5.26 Å². The number of ether oxygens (including phenoxy) is 1. The van der Waals surface area contributed by atoms with E-state index in [9.17, 15) is 9.90 Å². The van der Waals surface area contributed by atoms with Crippen LogP contribution in [0.3, 0.4) is 0 Å². The fourth-order valence-corrected chi connectivity index (χ4v) is 2.60. The van der Waals surface area contributed by atoms with Crippen LogP contribution in [0.1, 0.15) is 25.7 Å². The first-order valence-electron chi connectivity index (χ1n) is 5.97. The summed E-state index contributed by atoms with van der Waals surface area (Å²) in [7, 11) is 1.37. The second kappa shape index (κ2) is 4.63. The third kappa shape index (κ3) is 2.59. The summed E-state index contributed by atoms with van der Waals surface area (Å²) in [5, 5.41) is 18.4. The Morgan fingerprint density at radius 2 is 2.35 bits per heavy atom. The van der Waals surface area contributed by atoms with E-state index in [4.69, 9.17) is 10.00 Å². The fourth-order valence-electron chi connectivity index (χ4n) is 2.60.